The lowest BCUT2D eigenvalue weighted by atomic mass is 10.0. The number of carbonyl (C=O) groups is 1. The normalized spacial score (nSPS) is 21.4. The largest absolute Gasteiger partial charge is 0.444 e. The summed E-state index contributed by atoms with van der Waals surface area (Å²) >= 11 is 0. The summed E-state index contributed by atoms with van der Waals surface area (Å²) in [6, 6.07) is 0.460. The van der Waals surface area contributed by atoms with E-state index in [4.69, 9.17) is 4.74 Å². The standard InChI is InChI=1S/C17H30N4O2/c1-13-10-20-21(12-13)9-8-18-15-7-5-6-14(15)11-19-16(22)23-17(2,3)4/h10,12,14-15,18H,5-9,11H2,1-4H3,(H,19,22). The second-order valence-electron chi connectivity index (χ2n) is 7.42. The van der Waals surface area contributed by atoms with Crippen molar-refractivity contribution >= 4 is 6.09 Å². The zero-order valence-electron chi connectivity index (χ0n) is 14.8. The van der Waals surface area contributed by atoms with E-state index < -0.39 is 5.60 Å². The van der Waals surface area contributed by atoms with Crippen LogP contribution in [-0.2, 0) is 11.3 Å². The molecule has 2 rings (SSSR count). The van der Waals surface area contributed by atoms with E-state index in [1.54, 1.807) is 0 Å². The van der Waals surface area contributed by atoms with E-state index in [9.17, 15) is 4.79 Å². The Morgan fingerprint density at radius 3 is 2.87 bits per heavy atom. The molecule has 1 amide bonds. The molecule has 0 spiro atoms. The summed E-state index contributed by atoms with van der Waals surface area (Å²) in [4.78, 5) is 11.8. The van der Waals surface area contributed by atoms with Crippen molar-refractivity contribution in [2.75, 3.05) is 13.1 Å². The molecule has 23 heavy (non-hydrogen) atoms. The van der Waals surface area contributed by atoms with Crippen LogP contribution in [0.2, 0.25) is 0 Å². The van der Waals surface area contributed by atoms with Gasteiger partial charge in [-0.25, -0.2) is 4.79 Å². The summed E-state index contributed by atoms with van der Waals surface area (Å²) < 4.78 is 7.26. The van der Waals surface area contributed by atoms with Crippen molar-refractivity contribution in [2.24, 2.45) is 5.92 Å². The fourth-order valence-corrected chi connectivity index (χ4v) is 3.03. The molecular formula is C17H30N4O2. The van der Waals surface area contributed by atoms with Crippen LogP contribution in [0.1, 0.15) is 45.6 Å². The maximum absolute atomic E-state index is 11.8. The van der Waals surface area contributed by atoms with Crippen molar-refractivity contribution in [3.63, 3.8) is 0 Å². The highest BCUT2D eigenvalue weighted by Crippen LogP contribution is 2.25. The third kappa shape index (κ3) is 6.22. The van der Waals surface area contributed by atoms with E-state index in [0.717, 1.165) is 19.5 Å². The van der Waals surface area contributed by atoms with E-state index in [1.807, 2.05) is 38.6 Å². The molecular weight excluding hydrogens is 292 g/mol. The second-order valence-corrected chi connectivity index (χ2v) is 7.42. The predicted molar refractivity (Wildman–Crippen MR) is 90.3 cm³/mol. The number of ether oxygens (including phenoxy) is 1. The number of nitrogens with zero attached hydrogens (tertiary/aromatic N) is 2. The Morgan fingerprint density at radius 2 is 2.22 bits per heavy atom. The van der Waals surface area contributed by atoms with E-state index >= 15 is 0 Å². The Balaban J connectivity index is 1.69. The van der Waals surface area contributed by atoms with Gasteiger partial charge >= 0.3 is 6.09 Å². The van der Waals surface area contributed by atoms with E-state index in [1.165, 1.54) is 18.4 Å². The summed E-state index contributed by atoms with van der Waals surface area (Å²) in [5.74, 6) is 0.474. The number of alkyl carbamates (subject to hydrolysis) is 1. The molecule has 1 aliphatic rings. The molecule has 6 heteroatoms. The van der Waals surface area contributed by atoms with Crippen LogP contribution in [0.15, 0.2) is 12.4 Å². The van der Waals surface area contributed by atoms with Crippen LogP contribution in [-0.4, -0.2) is 40.6 Å². The Morgan fingerprint density at radius 1 is 1.43 bits per heavy atom. The molecule has 1 aromatic heterocycles. The minimum absolute atomic E-state index is 0.324. The van der Waals surface area contributed by atoms with Crippen molar-refractivity contribution in [3.05, 3.63) is 18.0 Å². The molecule has 1 saturated carbocycles. The minimum atomic E-state index is -0.445. The Kier molecular flexibility index (Phi) is 6.04. The van der Waals surface area contributed by atoms with Gasteiger partial charge in [0.15, 0.2) is 0 Å². The third-order valence-corrected chi connectivity index (χ3v) is 4.08. The van der Waals surface area contributed by atoms with Gasteiger partial charge < -0.3 is 15.4 Å². The van der Waals surface area contributed by atoms with Crippen LogP contribution in [0.25, 0.3) is 0 Å². The van der Waals surface area contributed by atoms with Gasteiger partial charge in [0, 0.05) is 25.3 Å². The number of rotatable bonds is 6. The van der Waals surface area contributed by atoms with Crippen molar-refractivity contribution in [3.8, 4) is 0 Å². The van der Waals surface area contributed by atoms with Gasteiger partial charge in [-0.2, -0.15) is 5.10 Å². The molecule has 2 unspecified atom stereocenters. The molecule has 0 aromatic carbocycles. The van der Waals surface area contributed by atoms with Gasteiger partial charge in [-0.05, 0) is 52.0 Å². The SMILES string of the molecule is Cc1cnn(CCNC2CCCC2CNC(=O)OC(C)(C)C)c1. The molecule has 1 heterocycles. The number of amides is 1. The lowest BCUT2D eigenvalue weighted by Crippen LogP contribution is -2.41. The van der Waals surface area contributed by atoms with E-state index in [2.05, 4.69) is 21.9 Å². The zero-order valence-corrected chi connectivity index (χ0v) is 14.8. The first-order valence-corrected chi connectivity index (χ1v) is 8.53. The number of hydrogen-bond donors (Lipinski definition) is 2. The first-order valence-electron chi connectivity index (χ1n) is 8.53. The lowest BCUT2D eigenvalue weighted by molar-refractivity contribution is 0.0517. The van der Waals surface area contributed by atoms with E-state index in [0.29, 0.717) is 18.5 Å². The summed E-state index contributed by atoms with van der Waals surface area (Å²) in [6.07, 6.45) is 7.13. The minimum Gasteiger partial charge on any atom is -0.444 e. The topological polar surface area (TPSA) is 68.2 Å². The molecule has 1 aliphatic carbocycles. The fraction of sp³-hybridized carbons (Fsp3) is 0.765. The molecule has 2 atom stereocenters. The molecule has 1 fully saturated rings. The summed E-state index contributed by atoms with van der Waals surface area (Å²) in [6.45, 7) is 10.1. The van der Waals surface area contributed by atoms with Crippen molar-refractivity contribution in [2.45, 2.75) is 65.1 Å². The summed E-state index contributed by atoms with van der Waals surface area (Å²) in [7, 11) is 0. The van der Waals surface area contributed by atoms with Gasteiger partial charge in [-0.1, -0.05) is 6.42 Å². The lowest BCUT2D eigenvalue weighted by Gasteiger charge is -2.23. The van der Waals surface area contributed by atoms with Gasteiger partial charge in [0.05, 0.1) is 12.7 Å². The maximum Gasteiger partial charge on any atom is 0.407 e. The summed E-state index contributed by atoms with van der Waals surface area (Å²) in [5.41, 5.74) is 0.740. The number of aryl methyl sites for hydroxylation is 1. The highest BCUT2D eigenvalue weighted by Gasteiger charge is 2.27. The van der Waals surface area contributed by atoms with Gasteiger partial charge in [0.25, 0.3) is 0 Å². The zero-order chi connectivity index (χ0) is 16.9. The van der Waals surface area contributed by atoms with Crippen molar-refractivity contribution in [1.29, 1.82) is 0 Å². The molecule has 0 aliphatic heterocycles. The molecule has 0 radical (unpaired) electrons. The average Bonchev–Trinajstić information content (AvgIpc) is 3.04. The Hall–Kier alpha value is -1.56. The smallest absolute Gasteiger partial charge is 0.407 e. The molecule has 2 N–H and O–H groups in total. The van der Waals surface area contributed by atoms with Crippen LogP contribution in [0.4, 0.5) is 4.79 Å². The van der Waals surface area contributed by atoms with Crippen LogP contribution in [0.5, 0.6) is 0 Å². The first kappa shape index (κ1) is 17.8. The van der Waals surface area contributed by atoms with Crippen LogP contribution in [0.3, 0.4) is 0 Å². The van der Waals surface area contributed by atoms with Gasteiger partial charge in [-0.3, -0.25) is 4.68 Å². The quantitative estimate of drug-likeness (QED) is 0.844. The third-order valence-electron chi connectivity index (χ3n) is 4.08. The molecule has 0 saturated heterocycles. The molecule has 130 valence electrons. The van der Waals surface area contributed by atoms with Crippen LogP contribution >= 0.6 is 0 Å². The Bertz CT molecular complexity index is 507. The van der Waals surface area contributed by atoms with Crippen LogP contribution < -0.4 is 10.6 Å². The average molecular weight is 322 g/mol. The first-order chi connectivity index (χ1) is 10.8. The van der Waals surface area contributed by atoms with Gasteiger partial charge in [-0.15, -0.1) is 0 Å². The summed E-state index contributed by atoms with van der Waals surface area (Å²) in [5, 5.41) is 10.8. The van der Waals surface area contributed by atoms with Crippen molar-refractivity contribution < 1.29 is 9.53 Å². The number of aromatic nitrogens is 2. The predicted octanol–water partition coefficient (Wildman–Crippen LogP) is 2.47. The number of hydrogen-bond acceptors (Lipinski definition) is 4. The number of nitrogens with one attached hydrogen (secondary N) is 2. The van der Waals surface area contributed by atoms with E-state index in [-0.39, 0.29) is 6.09 Å². The Labute approximate surface area is 139 Å². The monoisotopic (exact) mass is 322 g/mol. The number of carbonyl (C=O) groups excluding carboxylic acids is 1. The highest BCUT2D eigenvalue weighted by atomic mass is 16.6. The van der Waals surface area contributed by atoms with Gasteiger partial charge in [0.1, 0.15) is 5.60 Å². The molecule has 0 bridgehead atoms. The molecule has 1 aromatic rings. The molecule has 6 nitrogen and oxygen atoms in total. The highest BCUT2D eigenvalue weighted by molar-refractivity contribution is 5.67. The van der Waals surface area contributed by atoms with Gasteiger partial charge in [0.2, 0.25) is 0 Å². The fourth-order valence-electron chi connectivity index (χ4n) is 3.03. The van der Waals surface area contributed by atoms with Crippen LogP contribution in [0, 0.1) is 12.8 Å². The maximum atomic E-state index is 11.8. The second kappa shape index (κ2) is 7.81. The van der Waals surface area contributed by atoms with Crippen molar-refractivity contribution in [1.82, 2.24) is 20.4 Å².